The Hall–Kier alpha value is -2.24. The average Bonchev–Trinajstić information content (AvgIpc) is 2.93. The molecule has 0 unspecified atom stereocenters. The fraction of sp³-hybridized carbons (Fsp3) is 0.500. The molecular formula is C16H19N5O2S. The Morgan fingerprint density at radius 2 is 2.12 bits per heavy atom. The molecule has 0 amide bonds. The largest absolute Gasteiger partial charge is 0.462 e. The van der Waals surface area contributed by atoms with Crippen molar-refractivity contribution in [2.24, 2.45) is 0 Å². The van der Waals surface area contributed by atoms with Crippen LogP contribution in [0.25, 0.3) is 10.2 Å². The van der Waals surface area contributed by atoms with Crippen molar-refractivity contribution in [2.75, 3.05) is 44.2 Å². The van der Waals surface area contributed by atoms with Gasteiger partial charge < -0.3 is 9.64 Å². The van der Waals surface area contributed by atoms with Crippen molar-refractivity contribution < 1.29 is 9.53 Å². The standard InChI is InChI=1S/C16H19N5O2S/c1-3-23-16(22)13-11(2)12-14(18-10-19-15(12)24-13)21-8-6-20(5-4-17)7-9-21/h10H,3,5-9H2,1-2H3. The summed E-state index contributed by atoms with van der Waals surface area (Å²) in [5.74, 6) is 0.559. The van der Waals surface area contributed by atoms with Crippen LogP contribution >= 0.6 is 11.3 Å². The van der Waals surface area contributed by atoms with Gasteiger partial charge in [-0.3, -0.25) is 4.90 Å². The highest BCUT2D eigenvalue weighted by molar-refractivity contribution is 7.20. The summed E-state index contributed by atoms with van der Waals surface area (Å²) in [6.45, 7) is 7.79. The topological polar surface area (TPSA) is 82.3 Å². The van der Waals surface area contributed by atoms with Gasteiger partial charge in [-0.1, -0.05) is 0 Å². The third-order valence-corrected chi connectivity index (χ3v) is 5.31. The van der Waals surface area contributed by atoms with Crippen molar-refractivity contribution in [3.8, 4) is 6.07 Å². The predicted octanol–water partition coefficient (Wildman–Crippen LogP) is 1.82. The zero-order chi connectivity index (χ0) is 17.1. The lowest BCUT2D eigenvalue weighted by Gasteiger charge is -2.34. The van der Waals surface area contributed by atoms with Crippen LogP contribution in [0.5, 0.6) is 0 Å². The zero-order valence-corrected chi connectivity index (χ0v) is 14.6. The molecule has 8 heteroatoms. The molecule has 3 heterocycles. The van der Waals surface area contributed by atoms with Gasteiger partial charge in [-0.2, -0.15) is 5.26 Å². The molecular weight excluding hydrogens is 326 g/mol. The van der Waals surface area contributed by atoms with Gasteiger partial charge in [-0.05, 0) is 19.4 Å². The van der Waals surface area contributed by atoms with E-state index in [4.69, 9.17) is 10.00 Å². The van der Waals surface area contributed by atoms with Crippen LogP contribution in [0, 0.1) is 18.3 Å². The maximum Gasteiger partial charge on any atom is 0.348 e. The third kappa shape index (κ3) is 3.05. The number of rotatable bonds is 4. The Morgan fingerprint density at radius 3 is 2.79 bits per heavy atom. The van der Waals surface area contributed by atoms with Gasteiger partial charge in [-0.25, -0.2) is 14.8 Å². The van der Waals surface area contributed by atoms with Gasteiger partial charge in [0.2, 0.25) is 0 Å². The van der Waals surface area contributed by atoms with E-state index in [0.717, 1.165) is 47.8 Å². The van der Waals surface area contributed by atoms with Crippen LogP contribution < -0.4 is 4.90 Å². The van der Waals surface area contributed by atoms with Crippen LogP contribution in [-0.4, -0.2) is 60.2 Å². The second-order valence-corrected chi connectivity index (χ2v) is 6.57. The summed E-state index contributed by atoms with van der Waals surface area (Å²) in [4.78, 5) is 26.6. The second-order valence-electron chi connectivity index (χ2n) is 5.58. The lowest BCUT2D eigenvalue weighted by Crippen LogP contribution is -2.46. The number of anilines is 1. The number of carbonyl (C=O) groups excluding carboxylic acids is 1. The predicted molar refractivity (Wildman–Crippen MR) is 92.4 cm³/mol. The Morgan fingerprint density at radius 1 is 1.38 bits per heavy atom. The van der Waals surface area contributed by atoms with E-state index < -0.39 is 0 Å². The molecule has 1 aliphatic rings. The van der Waals surface area contributed by atoms with Crippen molar-refractivity contribution in [3.05, 3.63) is 16.8 Å². The highest BCUT2D eigenvalue weighted by Gasteiger charge is 2.24. The van der Waals surface area contributed by atoms with Crippen LogP contribution in [0.15, 0.2) is 6.33 Å². The lowest BCUT2D eigenvalue weighted by atomic mass is 10.2. The Bertz CT molecular complexity index is 790. The first kappa shape index (κ1) is 16.6. The Balaban J connectivity index is 1.92. The SMILES string of the molecule is CCOC(=O)c1sc2ncnc(N3CCN(CC#N)CC3)c2c1C. The molecule has 0 spiro atoms. The van der Waals surface area contributed by atoms with E-state index in [1.807, 2.05) is 6.92 Å². The van der Waals surface area contributed by atoms with Crippen molar-refractivity contribution in [1.29, 1.82) is 5.26 Å². The first-order valence-electron chi connectivity index (χ1n) is 7.91. The first-order chi connectivity index (χ1) is 11.7. The van der Waals surface area contributed by atoms with Gasteiger partial charge in [-0.15, -0.1) is 11.3 Å². The number of hydrogen-bond donors (Lipinski definition) is 0. The van der Waals surface area contributed by atoms with E-state index in [-0.39, 0.29) is 5.97 Å². The van der Waals surface area contributed by atoms with Gasteiger partial charge in [0.05, 0.1) is 24.6 Å². The molecule has 2 aromatic heterocycles. The molecule has 0 saturated carbocycles. The molecule has 0 N–H and O–H groups in total. The van der Waals surface area contributed by atoms with Gasteiger partial charge in [0.15, 0.2) is 0 Å². The summed E-state index contributed by atoms with van der Waals surface area (Å²) in [5.41, 5.74) is 0.878. The van der Waals surface area contributed by atoms with Crippen molar-refractivity contribution in [1.82, 2.24) is 14.9 Å². The number of aryl methyl sites for hydroxylation is 1. The quantitative estimate of drug-likeness (QED) is 0.617. The van der Waals surface area contributed by atoms with Crippen LogP contribution in [0.4, 0.5) is 5.82 Å². The van der Waals surface area contributed by atoms with Crippen molar-refractivity contribution >= 4 is 33.3 Å². The Labute approximate surface area is 144 Å². The number of thiophene rings is 1. The summed E-state index contributed by atoms with van der Waals surface area (Å²) in [6.07, 6.45) is 1.55. The number of aromatic nitrogens is 2. The summed E-state index contributed by atoms with van der Waals surface area (Å²) >= 11 is 1.35. The molecule has 1 fully saturated rings. The molecule has 0 bridgehead atoms. The van der Waals surface area contributed by atoms with Gasteiger partial charge in [0.25, 0.3) is 0 Å². The third-order valence-electron chi connectivity index (χ3n) is 4.13. The van der Waals surface area contributed by atoms with E-state index in [1.54, 1.807) is 13.3 Å². The van der Waals surface area contributed by atoms with Crippen LogP contribution in [0.3, 0.4) is 0 Å². The maximum absolute atomic E-state index is 12.1. The van der Waals surface area contributed by atoms with Crippen molar-refractivity contribution in [3.63, 3.8) is 0 Å². The summed E-state index contributed by atoms with van der Waals surface area (Å²) in [7, 11) is 0. The molecule has 3 rings (SSSR count). The summed E-state index contributed by atoms with van der Waals surface area (Å²) in [5, 5.41) is 9.74. The van der Waals surface area contributed by atoms with E-state index >= 15 is 0 Å². The van der Waals surface area contributed by atoms with Gasteiger partial charge >= 0.3 is 5.97 Å². The fourth-order valence-corrected chi connectivity index (χ4v) is 3.94. The molecule has 2 aromatic rings. The monoisotopic (exact) mass is 345 g/mol. The number of esters is 1. The molecule has 0 aromatic carbocycles. The highest BCUT2D eigenvalue weighted by Crippen LogP contribution is 2.35. The maximum atomic E-state index is 12.1. The minimum atomic E-state index is -0.303. The minimum absolute atomic E-state index is 0.303. The van der Waals surface area contributed by atoms with E-state index in [9.17, 15) is 4.79 Å². The highest BCUT2D eigenvalue weighted by atomic mass is 32.1. The zero-order valence-electron chi connectivity index (χ0n) is 13.8. The smallest absolute Gasteiger partial charge is 0.348 e. The molecule has 1 saturated heterocycles. The molecule has 7 nitrogen and oxygen atoms in total. The number of nitriles is 1. The van der Waals surface area contributed by atoms with Crippen LogP contribution in [-0.2, 0) is 4.74 Å². The summed E-state index contributed by atoms with van der Waals surface area (Å²) in [6, 6.07) is 2.19. The van der Waals surface area contributed by atoms with E-state index in [0.29, 0.717) is 18.0 Å². The molecule has 1 aliphatic heterocycles. The van der Waals surface area contributed by atoms with Crippen molar-refractivity contribution in [2.45, 2.75) is 13.8 Å². The van der Waals surface area contributed by atoms with Gasteiger partial charge in [0, 0.05) is 26.2 Å². The number of piperazine rings is 1. The number of fused-ring (bicyclic) bond motifs is 1. The van der Waals surface area contributed by atoms with E-state index in [2.05, 4.69) is 25.8 Å². The first-order valence-corrected chi connectivity index (χ1v) is 8.72. The normalized spacial score (nSPS) is 15.5. The van der Waals surface area contributed by atoms with Crippen LogP contribution in [0.2, 0.25) is 0 Å². The average molecular weight is 345 g/mol. The Kier molecular flexibility index (Phi) is 4.92. The molecule has 126 valence electrons. The molecule has 0 atom stereocenters. The van der Waals surface area contributed by atoms with Crippen LogP contribution in [0.1, 0.15) is 22.2 Å². The van der Waals surface area contributed by atoms with Gasteiger partial charge in [0.1, 0.15) is 21.9 Å². The fourth-order valence-electron chi connectivity index (χ4n) is 2.90. The van der Waals surface area contributed by atoms with E-state index in [1.165, 1.54) is 11.3 Å². The number of hydrogen-bond acceptors (Lipinski definition) is 8. The lowest BCUT2D eigenvalue weighted by molar-refractivity contribution is 0.0531. The molecule has 24 heavy (non-hydrogen) atoms. The number of ether oxygens (including phenoxy) is 1. The summed E-state index contributed by atoms with van der Waals surface area (Å²) < 4.78 is 5.14. The number of carbonyl (C=O) groups is 1. The molecule has 0 aliphatic carbocycles. The number of nitrogens with zero attached hydrogens (tertiary/aromatic N) is 5. The molecule has 0 radical (unpaired) electrons. The second kappa shape index (κ2) is 7.11. The minimum Gasteiger partial charge on any atom is -0.462 e.